The number of nitrogens with zero attached hydrogens (tertiary/aromatic N) is 3. The van der Waals surface area contributed by atoms with E-state index in [0.717, 1.165) is 12.1 Å². The van der Waals surface area contributed by atoms with Crippen molar-refractivity contribution in [2.24, 2.45) is 0 Å². The van der Waals surface area contributed by atoms with Gasteiger partial charge in [0.15, 0.2) is 0 Å². The molecule has 16 heavy (non-hydrogen) atoms. The third kappa shape index (κ3) is 4.87. The van der Waals surface area contributed by atoms with Crippen molar-refractivity contribution in [2.75, 3.05) is 13.1 Å². The van der Waals surface area contributed by atoms with Gasteiger partial charge in [0, 0.05) is 38.4 Å². The lowest BCUT2D eigenvalue weighted by Crippen LogP contribution is -2.31. The fourth-order valence-electron chi connectivity index (χ4n) is 1.57. The molecule has 0 saturated carbocycles. The summed E-state index contributed by atoms with van der Waals surface area (Å²) in [6.07, 6.45) is 3.64. The Morgan fingerprint density at radius 1 is 1.62 bits per heavy atom. The van der Waals surface area contributed by atoms with Crippen molar-refractivity contribution in [3.63, 3.8) is 0 Å². The molecule has 1 aromatic heterocycles. The molecule has 0 aliphatic heterocycles. The molecule has 0 aliphatic carbocycles. The molecule has 4 nitrogen and oxygen atoms in total. The van der Waals surface area contributed by atoms with Gasteiger partial charge in [0.1, 0.15) is 0 Å². The Kier molecular flexibility index (Phi) is 5.48. The van der Waals surface area contributed by atoms with Crippen LogP contribution in [-0.4, -0.2) is 34.2 Å². The van der Waals surface area contributed by atoms with Gasteiger partial charge < -0.3 is 5.11 Å². The van der Waals surface area contributed by atoms with E-state index in [0.29, 0.717) is 19.5 Å². The molecule has 1 heterocycles. The number of hydrogen-bond acceptors (Lipinski definition) is 4. The normalized spacial score (nSPS) is 12.4. The fourth-order valence-corrected chi connectivity index (χ4v) is 1.57. The first kappa shape index (κ1) is 12.6. The van der Waals surface area contributed by atoms with Gasteiger partial charge in [0.25, 0.3) is 0 Å². The molecular formula is C12H17N3O. The average Bonchev–Trinajstić information content (AvgIpc) is 2.26. The number of aromatic nitrogens is 1. The first-order chi connectivity index (χ1) is 7.72. The molecule has 0 saturated heterocycles. The Morgan fingerprint density at radius 2 is 2.44 bits per heavy atom. The molecular weight excluding hydrogens is 202 g/mol. The minimum Gasteiger partial charge on any atom is -0.392 e. The molecule has 0 spiro atoms. The van der Waals surface area contributed by atoms with E-state index in [1.165, 1.54) is 0 Å². The van der Waals surface area contributed by atoms with Gasteiger partial charge in [-0.1, -0.05) is 6.07 Å². The van der Waals surface area contributed by atoms with Crippen LogP contribution in [0.4, 0.5) is 0 Å². The smallest absolute Gasteiger partial charge is 0.0639 e. The van der Waals surface area contributed by atoms with Gasteiger partial charge in [-0.2, -0.15) is 5.26 Å². The molecule has 0 fully saturated rings. The topological polar surface area (TPSA) is 60.1 Å². The number of hydrogen-bond donors (Lipinski definition) is 1. The Bertz CT molecular complexity index is 332. The second-order valence-electron chi connectivity index (χ2n) is 3.85. The van der Waals surface area contributed by atoms with E-state index in [9.17, 15) is 5.11 Å². The van der Waals surface area contributed by atoms with Crippen molar-refractivity contribution < 1.29 is 5.11 Å². The predicted molar refractivity (Wildman–Crippen MR) is 61.4 cm³/mol. The van der Waals surface area contributed by atoms with E-state index >= 15 is 0 Å². The summed E-state index contributed by atoms with van der Waals surface area (Å²) in [5.74, 6) is 0. The third-order valence-corrected chi connectivity index (χ3v) is 2.19. The van der Waals surface area contributed by atoms with E-state index in [-0.39, 0.29) is 6.10 Å². The number of aliphatic hydroxyl groups is 1. The lowest BCUT2D eigenvalue weighted by Gasteiger charge is -2.22. The van der Waals surface area contributed by atoms with Crippen molar-refractivity contribution in [1.82, 2.24) is 9.88 Å². The van der Waals surface area contributed by atoms with Gasteiger partial charge in [0.2, 0.25) is 0 Å². The van der Waals surface area contributed by atoms with Gasteiger partial charge in [-0.25, -0.2) is 0 Å². The quantitative estimate of drug-likeness (QED) is 0.780. The minimum atomic E-state index is -0.379. The van der Waals surface area contributed by atoms with Crippen LogP contribution in [-0.2, 0) is 6.54 Å². The fraction of sp³-hybridized carbons (Fsp3) is 0.500. The maximum atomic E-state index is 9.36. The number of nitriles is 1. The Balaban J connectivity index is 2.53. The summed E-state index contributed by atoms with van der Waals surface area (Å²) in [7, 11) is 0. The van der Waals surface area contributed by atoms with Crippen LogP contribution < -0.4 is 0 Å². The van der Waals surface area contributed by atoms with Gasteiger partial charge >= 0.3 is 0 Å². The first-order valence-electron chi connectivity index (χ1n) is 5.38. The summed E-state index contributed by atoms with van der Waals surface area (Å²) in [6.45, 7) is 3.73. The van der Waals surface area contributed by atoms with E-state index in [1.54, 1.807) is 19.3 Å². The second kappa shape index (κ2) is 6.94. The molecule has 1 atom stereocenters. The zero-order valence-corrected chi connectivity index (χ0v) is 9.50. The van der Waals surface area contributed by atoms with Crippen LogP contribution in [0.15, 0.2) is 24.5 Å². The number of rotatable bonds is 6. The van der Waals surface area contributed by atoms with Crippen LogP contribution in [0.3, 0.4) is 0 Å². The lowest BCUT2D eigenvalue weighted by molar-refractivity contribution is 0.124. The minimum absolute atomic E-state index is 0.379. The van der Waals surface area contributed by atoms with E-state index in [2.05, 4.69) is 16.0 Å². The van der Waals surface area contributed by atoms with Crippen molar-refractivity contribution in [3.05, 3.63) is 30.1 Å². The van der Waals surface area contributed by atoms with Crippen LogP contribution >= 0.6 is 0 Å². The summed E-state index contributed by atoms with van der Waals surface area (Å²) < 4.78 is 0. The predicted octanol–water partition coefficient (Wildman–Crippen LogP) is 1.18. The lowest BCUT2D eigenvalue weighted by atomic mass is 10.2. The zero-order chi connectivity index (χ0) is 11.8. The molecule has 1 rings (SSSR count). The molecule has 1 aromatic rings. The molecule has 0 bridgehead atoms. The SMILES string of the molecule is C[C@@H](O)CN(CCC#N)Cc1cccnc1. The van der Waals surface area contributed by atoms with Gasteiger partial charge in [-0.3, -0.25) is 9.88 Å². The molecule has 0 radical (unpaired) electrons. The van der Waals surface area contributed by atoms with Gasteiger partial charge in [0.05, 0.1) is 12.2 Å². The second-order valence-corrected chi connectivity index (χ2v) is 3.85. The van der Waals surface area contributed by atoms with Gasteiger partial charge in [-0.05, 0) is 18.6 Å². The highest BCUT2D eigenvalue weighted by molar-refractivity contribution is 5.08. The maximum absolute atomic E-state index is 9.36. The molecule has 0 aliphatic rings. The Morgan fingerprint density at radius 3 is 3.00 bits per heavy atom. The van der Waals surface area contributed by atoms with E-state index in [4.69, 9.17) is 5.26 Å². The monoisotopic (exact) mass is 219 g/mol. The van der Waals surface area contributed by atoms with Gasteiger partial charge in [-0.15, -0.1) is 0 Å². The number of aliphatic hydroxyl groups excluding tert-OH is 1. The molecule has 4 heteroatoms. The van der Waals surface area contributed by atoms with Crippen LogP contribution in [0.1, 0.15) is 18.9 Å². The highest BCUT2D eigenvalue weighted by Crippen LogP contribution is 2.04. The molecule has 1 N–H and O–H groups in total. The van der Waals surface area contributed by atoms with E-state index < -0.39 is 0 Å². The summed E-state index contributed by atoms with van der Waals surface area (Å²) in [6, 6.07) is 6.00. The van der Waals surface area contributed by atoms with Crippen LogP contribution in [0.25, 0.3) is 0 Å². The largest absolute Gasteiger partial charge is 0.392 e. The number of pyridine rings is 1. The molecule has 86 valence electrons. The van der Waals surface area contributed by atoms with Crippen molar-refractivity contribution in [3.8, 4) is 6.07 Å². The summed E-state index contributed by atoms with van der Waals surface area (Å²) in [4.78, 5) is 6.10. The third-order valence-electron chi connectivity index (χ3n) is 2.19. The maximum Gasteiger partial charge on any atom is 0.0639 e. The summed E-state index contributed by atoms with van der Waals surface area (Å²) in [5, 5.41) is 17.9. The van der Waals surface area contributed by atoms with E-state index in [1.807, 2.05) is 12.1 Å². The standard InChI is InChI=1S/C12H17N3O/c1-11(16)9-15(7-3-5-13)10-12-4-2-6-14-8-12/h2,4,6,8,11,16H,3,7,9-10H2,1H3/t11-/m1/s1. The van der Waals surface area contributed by atoms with Crippen LogP contribution in [0, 0.1) is 11.3 Å². The Labute approximate surface area is 96.2 Å². The summed E-state index contributed by atoms with van der Waals surface area (Å²) >= 11 is 0. The highest BCUT2D eigenvalue weighted by Gasteiger charge is 2.08. The van der Waals surface area contributed by atoms with Crippen molar-refractivity contribution in [1.29, 1.82) is 5.26 Å². The van der Waals surface area contributed by atoms with Crippen molar-refractivity contribution in [2.45, 2.75) is 26.0 Å². The first-order valence-corrected chi connectivity index (χ1v) is 5.38. The molecule has 0 amide bonds. The van der Waals surface area contributed by atoms with Crippen molar-refractivity contribution >= 4 is 0 Å². The zero-order valence-electron chi connectivity index (χ0n) is 9.50. The summed E-state index contributed by atoms with van der Waals surface area (Å²) in [5.41, 5.74) is 1.10. The van der Waals surface area contributed by atoms with Crippen LogP contribution in [0.5, 0.6) is 0 Å². The Hall–Kier alpha value is -1.44. The van der Waals surface area contributed by atoms with Crippen LogP contribution in [0.2, 0.25) is 0 Å². The molecule has 0 unspecified atom stereocenters. The highest BCUT2D eigenvalue weighted by atomic mass is 16.3. The average molecular weight is 219 g/mol. The molecule has 0 aromatic carbocycles.